The molecule has 1 aromatic carbocycles. The number of carboxylic acid groups (broad SMARTS) is 2. The van der Waals surface area contributed by atoms with Crippen molar-refractivity contribution in [3.8, 4) is 0 Å². The van der Waals surface area contributed by atoms with Crippen LogP contribution in [0.3, 0.4) is 0 Å². The second-order valence-electron chi connectivity index (χ2n) is 2.34. The normalized spacial score (nSPS) is 8.33. The molecule has 2 N–H and O–H groups in total. The smallest absolute Gasteiger partial charge is 0.335 e. The first-order valence-electron chi connectivity index (χ1n) is 3.80. The summed E-state index contributed by atoms with van der Waals surface area (Å²) in [5, 5.41) is 16.9. The molecule has 0 spiro atoms. The summed E-state index contributed by atoms with van der Waals surface area (Å²) in [5.74, 6) is -2.13. The Kier molecular flexibility index (Phi) is 5.82. The highest BCUT2D eigenvalue weighted by atomic mass is 35.5. The summed E-state index contributed by atoms with van der Waals surface area (Å²) in [7, 11) is 0. The molecule has 0 fully saturated rings. The van der Waals surface area contributed by atoms with Crippen molar-refractivity contribution >= 4 is 23.5 Å². The molecule has 0 saturated carbocycles. The minimum absolute atomic E-state index is 0.0833. The maximum Gasteiger partial charge on any atom is 0.335 e. The van der Waals surface area contributed by atoms with E-state index in [0.29, 0.717) is 0 Å². The van der Waals surface area contributed by atoms with Gasteiger partial charge in [-0.3, -0.25) is 0 Å². The maximum absolute atomic E-state index is 10.3. The van der Waals surface area contributed by atoms with Gasteiger partial charge in [0.2, 0.25) is 0 Å². The minimum atomic E-state index is -1.06. The summed E-state index contributed by atoms with van der Waals surface area (Å²) in [6.45, 7) is 3.13. The van der Waals surface area contributed by atoms with E-state index in [1.807, 2.05) is 0 Å². The van der Waals surface area contributed by atoms with E-state index in [1.54, 1.807) is 0 Å². The molecule has 1 rings (SSSR count). The molecule has 1 aromatic rings. The van der Waals surface area contributed by atoms with E-state index in [1.165, 1.54) is 29.8 Å². The van der Waals surface area contributed by atoms with E-state index in [2.05, 4.69) is 6.58 Å². The van der Waals surface area contributed by atoms with E-state index >= 15 is 0 Å². The van der Waals surface area contributed by atoms with Crippen molar-refractivity contribution in [2.24, 2.45) is 0 Å². The quantitative estimate of drug-likeness (QED) is 0.815. The number of benzene rings is 1. The van der Waals surface area contributed by atoms with Gasteiger partial charge in [-0.2, -0.15) is 0 Å². The van der Waals surface area contributed by atoms with Crippen LogP contribution < -0.4 is 0 Å². The zero-order chi connectivity index (χ0) is 11.8. The second kappa shape index (κ2) is 6.62. The lowest BCUT2D eigenvalue weighted by Crippen LogP contribution is -1.99. The summed E-state index contributed by atoms with van der Waals surface area (Å²) in [5.41, 5.74) is 1.39. The van der Waals surface area contributed by atoms with E-state index in [0.717, 1.165) is 0 Å². The van der Waals surface area contributed by atoms with Crippen molar-refractivity contribution in [2.45, 2.75) is 0 Å². The lowest BCUT2D eigenvalue weighted by molar-refractivity contribution is 0.0681. The van der Waals surface area contributed by atoms with Crippen LogP contribution in [0.1, 0.15) is 20.7 Å². The molecule has 0 aliphatic rings. The van der Waals surface area contributed by atoms with Gasteiger partial charge >= 0.3 is 11.9 Å². The Morgan fingerprint density at radius 2 is 1.27 bits per heavy atom. The zero-order valence-corrected chi connectivity index (χ0v) is 8.44. The van der Waals surface area contributed by atoms with Gasteiger partial charge in [0, 0.05) is 0 Å². The summed E-state index contributed by atoms with van der Waals surface area (Å²) in [4.78, 5) is 20.7. The first-order valence-corrected chi connectivity index (χ1v) is 4.24. The zero-order valence-electron chi connectivity index (χ0n) is 7.68. The molecule has 0 aromatic heterocycles. The van der Waals surface area contributed by atoms with Crippen molar-refractivity contribution in [1.82, 2.24) is 0 Å². The molecule has 0 heterocycles. The predicted octanol–water partition coefficient (Wildman–Crippen LogP) is 2.45. The Bertz CT molecular complexity index is 323. The molecule has 0 radical (unpaired) electrons. The van der Waals surface area contributed by atoms with Crippen LogP contribution >= 0.6 is 11.6 Å². The van der Waals surface area contributed by atoms with Gasteiger partial charge in [-0.15, -0.1) is 0 Å². The third-order valence-electron chi connectivity index (χ3n) is 1.38. The number of carboxylic acids is 2. The van der Waals surface area contributed by atoms with Gasteiger partial charge in [0.15, 0.2) is 0 Å². The lowest BCUT2D eigenvalue weighted by atomic mass is 10.1. The van der Waals surface area contributed by atoms with Crippen LogP contribution in [-0.2, 0) is 0 Å². The van der Waals surface area contributed by atoms with Gasteiger partial charge in [0.05, 0.1) is 11.1 Å². The van der Waals surface area contributed by atoms with Crippen LogP contribution in [-0.4, -0.2) is 22.2 Å². The fraction of sp³-hybridized carbons (Fsp3) is 0. The molecule has 0 aliphatic heterocycles. The summed E-state index contributed by atoms with van der Waals surface area (Å²) in [6, 6.07) is 5.02. The Labute approximate surface area is 91.4 Å². The minimum Gasteiger partial charge on any atom is -0.478 e. The van der Waals surface area contributed by atoms with Gasteiger partial charge in [-0.25, -0.2) is 9.59 Å². The van der Waals surface area contributed by atoms with Crippen LogP contribution in [0.15, 0.2) is 36.4 Å². The van der Waals surface area contributed by atoms with Gasteiger partial charge in [0.1, 0.15) is 0 Å². The first kappa shape index (κ1) is 13.2. The van der Waals surface area contributed by atoms with Gasteiger partial charge in [-0.05, 0) is 29.8 Å². The molecular formula is C10H9ClO4. The monoisotopic (exact) mass is 228 g/mol. The number of hydrogen-bond donors (Lipinski definition) is 2. The van der Waals surface area contributed by atoms with Gasteiger partial charge < -0.3 is 10.2 Å². The average molecular weight is 229 g/mol. The maximum atomic E-state index is 10.3. The topological polar surface area (TPSA) is 74.6 Å². The van der Waals surface area contributed by atoms with Crippen LogP contribution in [0.4, 0.5) is 0 Å². The molecule has 0 unspecified atom stereocenters. The van der Waals surface area contributed by atoms with Crippen molar-refractivity contribution < 1.29 is 19.8 Å². The van der Waals surface area contributed by atoms with Crippen molar-refractivity contribution in [1.29, 1.82) is 0 Å². The molecule has 15 heavy (non-hydrogen) atoms. The fourth-order valence-electron chi connectivity index (χ4n) is 0.755. The van der Waals surface area contributed by atoms with E-state index in [4.69, 9.17) is 21.8 Å². The molecule has 80 valence electrons. The van der Waals surface area contributed by atoms with E-state index in [9.17, 15) is 9.59 Å². The number of aromatic carboxylic acids is 2. The fourth-order valence-corrected chi connectivity index (χ4v) is 0.755. The highest BCUT2D eigenvalue weighted by Gasteiger charge is 2.04. The molecule has 0 saturated heterocycles. The second-order valence-corrected chi connectivity index (χ2v) is 2.65. The van der Waals surface area contributed by atoms with Crippen LogP contribution in [0.2, 0.25) is 0 Å². The summed E-state index contributed by atoms with van der Waals surface area (Å²) >= 11 is 4.76. The third-order valence-corrected chi connectivity index (χ3v) is 1.38. The Balaban J connectivity index is 0.000000583. The van der Waals surface area contributed by atoms with Crippen molar-refractivity contribution in [3.63, 3.8) is 0 Å². The lowest BCUT2D eigenvalue weighted by Gasteiger charge is -1.94. The molecule has 0 bridgehead atoms. The number of halogens is 1. The Morgan fingerprint density at radius 3 is 1.40 bits per heavy atom. The number of carbonyl (C=O) groups is 2. The predicted molar refractivity (Wildman–Crippen MR) is 56.4 cm³/mol. The summed E-state index contributed by atoms with van der Waals surface area (Å²) in [6.07, 6.45) is 0. The van der Waals surface area contributed by atoms with Gasteiger partial charge in [-0.1, -0.05) is 18.2 Å². The molecular weight excluding hydrogens is 220 g/mol. The third kappa shape index (κ3) is 4.83. The Hall–Kier alpha value is -1.81. The molecule has 0 atom stereocenters. The van der Waals surface area contributed by atoms with Crippen LogP contribution in [0.25, 0.3) is 0 Å². The number of rotatable bonds is 2. The molecule has 5 heteroatoms. The largest absolute Gasteiger partial charge is 0.478 e. The average Bonchev–Trinajstić information content (AvgIpc) is 2.19. The van der Waals surface area contributed by atoms with Crippen LogP contribution in [0, 0.1) is 0 Å². The highest BCUT2D eigenvalue weighted by molar-refractivity contribution is 6.25. The standard InChI is InChI=1S/C8H6O4.C2H3Cl/c9-7(10)5-1-2-6(4-3-5)8(11)12;1-2-3/h1-4H,(H,9,10)(H,11,12);2H,1H2. The van der Waals surface area contributed by atoms with E-state index in [-0.39, 0.29) is 11.1 Å². The number of hydrogen-bond acceptors (Lipinski definition) is 2. The van der Waals surface area contributed by atoms with Crippen molar-refractivity contribution in [2.75, 3.05) is 0 Å². The van der Waals surface area contributed by atoms with E-state index < -0.39 is 11.9 Å². The SMILES string of the molecule is C=CCl.O=C(O)c1ccc(C(=O)O)cc1. The Morgan fingerprint density at radius 1 is 1.07 bits per heavy atom. The van der Waals surface area contributed by atoms with Crippen LogP contribution in [0.5, 0.6) is 0 Å². The molecule has 4 nitrogen and oxygen atoms in total. The summed E-state index contributed by atoms with van der Waals surface area (Å²) < 4.78 is 0. The van der Waals surface area contributed by atoms with Crippen molar-refractivity contribution in [3.05, 3.63) is 47.5 Å². The van der Waals surface area contributed by atoms with Gasteiger partial charge in [0.25, 0.3) is 0 Å². The molecule has 0 aliphatic carbocycles. The molecule has 0 amide bonds. The first-order chi connectivity index (χ1) is 7.02. The highest BCUT2D eigenvalue weighted by Crippen LogP contribution is 2.03.